The van der Waals surface area contributed by atoms with Crippen molar-refractivity contribution >= 4 is 5.91 Å². The van der Waals surface area contributed by atoms with E-state index in [2.05, 4.69) is 4.90 Å². The minimum absolute atomic E-state index is 0.0506. The van der Waals surface area contributed by atoms with Crippen molar-refractivity contribution in [2.75, 3.05) is 26.2 Å². The van der Waals surface area contributed by atoms with Gasteiger partial charge in [0, 0.05) is 25.7 Å². The Balaban J connectivity index is 1.58. The molecule has 5 nitrogen and oxygen atoms in total. The highest BCUT2D eigenvalue weighted by molar-refractivity contribution is 5.82. The molecule has 2 aliphatic heterocycles. The van der Waals surface area contributed by atoms with Crippen LogP contribution in [-0.2, 0) is 11.2 Å². The van der Waals surface area contributed by atoms with E-state index in [-0.39, 0.29) is 11.7 Å². The summed E-state index contributed by atoms with van der Waals surface area (Å²) in [5, 5.41) is 9.28. The molecular weight excluding hydrogens is 266 g/mol. The standard InChI is InChI=1S/C16H23N3O2/c17-15(10-12-3-5-14(20)6-4-12)16(21)19-9-8-18-7-1-2-13(18)11-19/h3-6,13,15,20H,1-2,7-11,17H2. The van der Waals surface area contributed by atoms with Gasteiger partial charge in [0.15, 0.2) is 0 Å². The molecule has 2 aliphatic rings. The molecule has 0 radical (unpaired) electrons. The number of hydrogen-bond donors (Lipinski definition) is 2. The summed E-state index contributed by atoms with van der Waals surface area (Å²) in [4.78, 5) is 16.9. The average Bonchev–Trinajstić information content (AvgIpc) is 2.96. The lowest BCUT2D eigenvalue weighted by Crippen LogP contribution is -2.56. The zero-order valence-corrected chi connectivity index (χ0v) is 12.2. The fourth-order valence-corrected chi connectivity index (χ4v) is 3.40. The number of aromatic hydroxyl groups is 1. The number of amides is 1. The summed E-state index contributed by atoms with van der Waals surface area (Å²) in [6.07, 6.45) is 2.95. The first-order valence-corrected chi connectivity index (χ1v) is 7.70. The lowest BCUT2D eigenvalue weighted by atomic mass is 10.0. The molecule has 2 atom stereocenters. The predicted molar refractivity (Wildman–Crippen MR) is 81.0 cm³/mol. The molecule has 21 heavy (non-hydrogen) atoms. The van der Waals surface area contributed by atoms with Gasteiger partial charge in [0.2, 0.25) is 5.91 Å². The number of hydrogen-bond acceptors (Lipinski definition) is 4. The first-order chi connectivity index (χ1) is 10.1. The van der Waals surface area contributed by atoms with Gasteiger partial charge in [-0.25, -0.2) is 0 Å². The molecule has 114 valence electrons. The van der Waals surface area contributed by atoms with E-state index in [4.69, 9.17) is 5.73 Å². The third kappa shape index (κ3) is 3.19. The van der Waals surface area contributed by atoms with Crippen LogP contribution < -0.4 is 5.73 Å². The third-order valence-corrected chi connectivity index (χ3v) is 4.61. The van der Waals surface area contributed by atoms with Crippen molar-refractivity contribution in [1.82, 2.24) is 9.80 Å². The SMILES string of the molecule is NC(Cc1ccc(O)cc1)C(=O)N1CCN2CCCC2C1. The zero-order chi connectivity index (χ0) is 14.8. The molecule has 2 unspecified atom stereocenters. The second-order valence-corrected chi connectivity index (χ2v) is 6.09. The maximum absolute atomic E-state index is 12.5. The summed E-state index contributed by atoms with van der Waals surface area (Å²) >= 11 is 0. The molecule has 2 heterocycles. The van der Waals surface area contributed by atoms with Gasteiger partial charge in [-0.3, -0.25) is 9.69 Å². The molecule has 3 rings (SSSR count). The lowest BCUT2D eigenvalue weighted by molar-refractivity contribution is -0.135. The first kappa shape index (κ1) is 14.4. The number of nitrogens with zero attached hydrogens (tertiary/aromatic N) is 2. The van der Waals surface area contributed by atoms with Crippen LogP contribution in [0.3, 0.4) is 0 Å². The topological polar surface area (TPSA) is 69.8 Å². The minimum Gasteiger partial charge on any atom is -0.508 e. The Morgan fingerprint density at radius 1 is 1.29 bits per heavy atom. The monoisotopic (exact) mass is 289 g/mol. The van der Waals surface area contributed by atoms with E-state index in [1.807, 2.05) is 17.0 Å². The first-order valence-electron chi connectivity index (χ1n) is 7.70. The van der Waals surface area contributed by atoms with Gasteiger partial charge in [-0.15, -0.1) is 0 Å². The van der Waals surface area contributed by atoms with Crippen LogP contribution in [0, 0.1) is 0 Å². The highest BCUT2D eigenvalue weighted by Crippen LogP contribution is 2.22. The van der Waals surface area contributed by atoms with Crippen molar-refractivity contribution in [3.05, 3.63) is 29.8 Å². The number of phenols is 1. The quantitative estimate of drug-likeness (QED) is 0.853. The third-order valence-electron chi connectivity index (χ3n) is 4.61. The van der Waals surface area contributed by atoms with Gasteiger partial charge in [-0.1, -0.05) is 12.1 Å². The number of benzene rings is 1. The summed E-state index contributed by atoms with van der Waals surface area (Å²) in [5.41, 5.74) is 7.07. The molecule has 0 spiro atoms. The van der Waals surface area contributed by atoms with Crippen molar-refractivity contribution in [2.24, 2.45) is 5.73 Å². The largest absolute Gasteiger partial charge is 0.508 e. The fourth-order valence-electron chi connectivity index (χ4n) is 3.40. The highest BCUT2D eigenvalue weighted by Gasteiger charge is 2.33. The van der Waals surface area contributed by atoms with E-state index < -0.39 is 6.04 Å². The number of rotatable bonds is 3. The number of carbonyl (C=O) groups excluding carboxylic acids is 1. The maximum atomic E-state index is 12.5. The van der Waals surface area contributed by atoms with E-state index in [1.165, 1.54) is 19.4 Å². The van der Waals surface area contributed by atoms with E-state index in [0.29, 0.717) is 12.5 Å². The van der Waals surface area contributed by atoms with Gasteiger partial charge in [-0.05, 0) is 43.5 Å². The molecule has 1 aromatic carbocycles. The highest BCUT2D eigenvalue weighted by atomic mass is 16.3. The average molecular weight is 289 g/mol. The van der Waals surface area contributed by atoms with Gasteiger partial charge < -0.3 is 15.7 Å². The molecular formula is C16H23N3O2. The molecule has 3 N–H and O–H groups in total. The zero-order valence-electron chi connectivity index (χ0n) is 12.2. The van der Waals surface area contributed by atoms with Crippen LogP contribution in [-0.4, -0.2) is 59.1 Å². The molecule has 0 aromatic heterocycles. The molecule has 0 saturated carbocycles. The Kier molecular flexibility index (Phi) is 4.12. The molecule has 2 fully saturated rings. The molecule has 2 saturated heterocycles. The Labute approximate surface area is 125 Å². The molecule has 1 aromatic rings. The van der Waals surface area contributed by atoms with Gasteiger partial charge in [0.1, 0.15) is 5.75 Å². The number of phenolic OH excluding ortho intramolecular Hbond substituents is 1. The van der Waals surface area contributed by atoms with E-state index in [0.717, 1.165) is 25.2 Å². The van der Waals surface area contributed by atoms with E-state index >= 15 is 0 Å². The Morgan fingerprint density at radius 2 is 2.05 bits per heavy atom. The van der Waals surface area contributed by atoms with Crippen molar-refractivity contribution in [1.29, 1.82) is 0 Å². The predicted octanol–water partition coefficient (Wildman–Crippen LogP) is 0.569. The van der Waals surface area contributed by atoms with Crippen LogP contribution >= 0.6 is 0 Å². The van der Waals surface area contributed by atoms with Crippen molar-refractivity contribution in [2.45, 2.75) is 31.3 Å². The summed E-state index contributed by atoms with van der Waals surface area (Å²) in [5.74, 6) is 0.283. The molecule has 0 aliphatic carbocycles. The van der Waals surface area contributed by atoms with E-state index in [9.17, 15) is 9.90 Å². The number of piperazine rings is 1. The van der Waals surface area contributed by atoms with Gasteiger partial charge in [0.25, 0.3) is 0 Å². The van der Waals surface area contributed by atoms with Crippen LogP contribution in [0.5, 0.6) is 5.75 Å². The molecule has 1 amide bonds. The second-order valence-electron chi connectivity index (χ2n) is 6.09. The Morgan fingerprint density at radius 3 is 2.81 bits per heavy atom. The summed E-state index contributed by atoms with van der Waals surface area (Å²) in [6, 6.07) is 6.92. The maximum Gasteiger partial charge on any atom is 0.239 e. The van der Waals surface area contributed by atoms with Crippen molar-refractivity contribution in [3.8, 4) is 5.75 Å². The van der Waals surface area contributed by atoms with E-state index in [1.54, 1.807) is 12.1 Å². The van der Waals surface area contributed by atoms with Crippen LogP contribution in [0.15, 0.2) is 24.3 Å². The second kappa shape index (κ2) is 6.03. The molecule has 5 heteroatoms. The smallest absolute Gasteiger partial charge is 0.239 e. The van der Waals surface area contributed by atoms with Crippen LogP contribution in [0.1, 0.15) is 18.4 Å². The summed E-state index contributed by atoms with van der Waals surface area (Å²) in [6.45, 7) is 3.76. The summed E-state index contributed by atoms with van der Waals surface area (Å²) < 4.78 is 0. The Bertz CT molecular complexity index is 503. The Hall–Kier alpha value is -1.59. The normalized spacial score (nSPS) is 23.9. The number of nitrogens with two attached hydrogens (primary N) is 1. The van der Waals surface area contributed by atoms with Crippen LogP contribution in [0.25, 0.3) is 0 Å². The van der Waals surface area contributed by atoms with Gasteiger partial charge >= 0.3 is 0 Å². The van der Waals surface area contributed by atoms with Crippen LogP contribution in [0.2, 0.25) is 0 Å². The van der Waals surface area contributed by atoms with Crippen molar-refractivity contribution in [3.63, 3.8) is 0 Å². The van der Waals surface area contributed by atoms with Gasteiger partial charge in [-0.2, -0.15) is 0 Å². The lowest BCUT2D eigenvalue weighted by Gasteiger charge is -2.38. The minimum atomic E-state index is -0.498. The number of fused-ring (bicyclic) bond motifs is 1. The van der Waals surface area contributed by atoms with Gasteiger partial charge in [0.05, 0.1) is 6.04 Å². The number of carbonyl (C=O) groups is 1. The fraction of sp³-hybridized carbons (Fsp3) is 0.562. The van der Waals surface area contributed by atoms with Crippen LogP contribution in [0.4, 0.5) is 0 Å². The van der Waals surface area contributed by atoms with Crippen molar-refractivity contribution < 1.29 is 9.90 Å². The summed E-state index contributed by atoms with van der Waals surface area (Å²) in [7, 11) is 0. The molecule has 0 bridgehead atoms.